The molecule has 100 valence electrons. The van der Waals surface area contributed by atoms with Crippen molar-refractivity contribution in [2.75, 3.05) is 11.1 Å². The number of hydrogen-bond donors (Lipinski definition) is 2. The molecule has 18 heavy (non-hydrogen) atoms. The fraction of sp³-hybridized carbons (Fsp3) is 0.600. The molecule has 1 aromatic rings. The van der Waals surface area contributed by atoms with Crippen molar-refractivity contribution < 1.29 is 0 Å². The number of anilines is 2. The van der Waals surface area contributed by atoms with Gasteiger partial charge in [-0.3, -0.25) is 0 Å². The molecule has 1 aromatic carbocycles. The molecular formula is C15H23BrN2. The zero-order valence-electron chi connectivity index (χ0n) is 11.1. The summed E-state index contributed by atoms with van der Waals surface area (Å²) in [7, 11) is 0. The number of aryl methyl sites for hydroxylation is 1. The predicted molar refractivity (Wildman–Crippen MR) is 83.0 cm³/mol. The molecule has 0 bridgehead atoms. The van der Waals surface area contributed by atoms with E-state index in [-0.39, 0.29) is 0 Å². The molecule has 0 heterocycles. The Balaban J connectivity index is 2.05. The third kappa shape index (κ3) is 3.64. The summed E-state index contributed by atoms with van der Waals surface area (Å²) in [4.78, 5) is 0. The van der Waals surface area contributed by atoms with E-state index >= 15 is 0 Å². The molecular weight excluding hydrogens is 288 g/mol. The summed E-state index contributed by atoms with van der Waals surface area (Å²) in [5, 5.41) is 3.68. The lowest BCUT2D eigenvalue weighted by atomic mass is 9.96. The van der Waals surface area contributed by atoms with Gasteiger partial charge in [0.05, 0.1) is 0 Å². The first-order valence-corrected chi connectivity index (χ1v) is 7.78. The third-order valence-corrected chi connectivity index (χ3v) is 4.48. The summed E-state index contributed by atoms with van der Waals surface area (Å²) in [6.45, 7) is 2.06. The number of nitrogens with two attached hydrogens (primary N) is 1. The normalized spacial score (nSPS) is 18.1. The molecule has 3 N–H and O–H groups in total. The Morgan fingerprint density at radius 2 is 1.72 bits per heavy atom. The molecule has 0 saturated heterocycles. The average molecular weight is 311 g/mol. The quantitative estimate of drug-likeness (QED) is 0.765. The number of benzene rings is 1. The van der Waals surface area contributed by atoms with E-state index in [1.54, 1.807) is 0 Å². The van der Waals surface area contributed by atoms with E-state index < -0.39 is 0 Å². The SMILES string of the molecule is Cc1cc(NC2CCCCCCC2)c(Br)cc1N. The lowest BCUT2D eigenvalue weighted by Gasteiger charge is -2.23. The van der Waals surface area contributed by atoms with Crippen molar-refractivity contribution in [3.8, 4) is 0 Å². The van der Waals surface area contributed by atoms with Crippen LogP contribution < -0.4 is 11.1 Å². The first kappa shape index (κ1) is 13.7. The fourth-order valence-electron chi connectivity index (χ4n) is 2.63. The van der Waals surface area contributed by atoms with Gasteiger partial charge in [0.15, 0.2) is 0 Å². The van der Waals surface area contributed by atoms with E-state index in [0.717, 1.165) is 15.7 Å². The van der Waals surface area contributed by atoms with Gasteiger partial charge in [-0.25, -0.2) is 0 Å². The van der Waals surface area contributed by atoms with Crippen molar-refractivity contribution in [3.63, 3.8) is 0 Å². The van der Waals surface area contributed by atoms with Crippen LogP contribution in [0.2, 0.25) is 0 Å². The van der Waals surface area contributed by atoms with Crippen molar-refractivity contribution in [1.82, 2.24) is 0 Å². The zero-order valence-corrected chi connectivity index (χ0v) is 12.7. The molecule has 2 rings (SSSR count). The Kier molecular flexibility index (Phi) is 4.93. The van der Waals surface area contributed by atoms with Crippen LogP contribution in [0.5, 0.6) is 0 Å². The van der Waals surface area contributed by atoms with Crippen molar-refractivity contribution in [2.45, 2.75) is 57.9 Å². The summed E-state index contributed by atoms with van der Waals surface area (Å²) in [6, 6.07) is 4.77. The van der Waals surface area contributed by atoms with Crippen molar-refractivity contribution in [1.29, 1.82) is 0 Å². The topological polar surface area (TPSA) is 38.0 Å². The van der Waals surface area contributed by atoms with E-state index in [0.29, 0.717) is 6.04 Å². The van der Waals surface area contributed by atoms with Gasteiger partial charge in [-0.15, -0.1) is 0 Å². The molecule has 3 heteroatoms. The Bertz CT molecular complexity index is 396. The number of hydrogen-bond acceptors (Lipinski definition) is 2. The van der Waals surface area contributed by atoms with Gasteiger partial charge < -0.3 is 11.1 Å². The maximum Gasteiger partial charge on any atom is 0.0490 e. The van der Waals surface area contributed by atoms with Gasteiger partial charge in [0, 0.05) is 21.9 Å². The van der Waals surface area contributed by atoms with Gasteiger partial charge in [-0.1, -0.05) is 32.1 Å². The Hall–Kier alpha value is -0.700. The highest BCUT2D eigenvalue weighted by molar-refractivity contribution is 9.10. The maximum absolute atomic E-state index is 5.91. The summed E-state index contributed by atoms with van der Waals surface area (Å²) in [5.41, 5.74) is 9.09. The molecule has 1 fully saturated rings. The van der Waals surface area contributed by atoms with Gasteiger partial charge in [0.2, 0.25) is 0 Å². The van der Waals surface area contributed by atoms with Crippen LogP contribution in [0, 0.1) is 6.92 Å². The first-order valence-electron chi connectivity index (χ1n) is 6.99. The predicted octanol–water partition coefficient (Wildman–Crippen LogP) is 4.86. The minimum absolute atomic E-state index is 0.615. The van der Waals surface area contributed by atoms with Crippen LogP contribution in [0.3, 0.4) is 0 Å². The molecule has 0 spiro atoms. The van der Waals surface area contributed by atoms with Crippen LogP contribution in [0.4, 0.5) is 11.4 Å². The molecule has 0 aromatic heterocycles. The standard InChI is InChI=1S/C15H23BrN2/c1-11-9-15(13(16)10-14(11)17)18-12-7-5-3-2-4-6-8-12/h9-10,12,18H,2-8,17H2,1H3. The van der Waals surface area contributed by atoms with Crippen molar-refractivity contribution >= 4 is 27.3 Å². The molecule has 0 unspecified atom stereocenters. The molecule has 0 atom stereocenters. The second-order valence-corrected chi connectivity index (χ2v) is 6.23. The summed E-state index contributed by atoms with van der Waals surface area (Å²) < 4.78 is 1.08. The number of halogens is 1. The third-order valence-electron chi connectivity index (χ3n) is 3.82. The second-order valence-electron chi connectivity index (χ2n) is 5.38. The highest BCUT2D eigenvalue weighted by Crippen LogP contribution is 2.30. The van der Waals surface area contributed by atoms with E-state index in [1.165, 1.54) is 50.6 Å². The van der Waals surface area contributed by atoms with Crippen LogP contribution in [0.15, 0.2) is 16.6 Å². The second kappa shape index (κ2) is 6.46. The minimum atomic E-state index is 0.615. The summed E-state index contributed by atoms with van der Waals surface area (Å²) in [6.07, 6.45) is 9.47. The minimum Gasteiger partial charge on any atom is -0.398 e. The highest BCUT2D eigenvalue weighted by Gasteiger charge is 2.13. The highest BCUT2D eigenvalue weighted by atomic mass is 79.9. The van der Waals surface area contributed by atoms with Crippen LogP contribution >= 0.6 is 15.9 Å². The monoisotopic (exact) mass is 310 g/mol. The molecule has 1 aliphatic carbocycles. The molecule has 2 nitrogen and oxygen atoms in total. The van der Waals surface area contributed by atoms with Gasteiger partial charge >= 0.3 is 0 Å². The van der Waals surface area contributed by atoms with Crippen molar-refractivity contribution in [3.05, 3.63) is 22.2 Å². The van der Waals surface area contributed by atoms with E-state index in [1.807, 2.05) is 6.07 Å². The van der Waals surface area contributed by atoms with E-state index in [2.05, 4.69) is 34.2 Å². The van der Waals surface area contributed by atoms with E-state index in [4.69, 9.17) is 5.73 Å². The van der Waals surface area contributed by atoms with Crippen molar-refractivity contribution in [2.24, 2.45) is 0 Å². The fourth-order valence-corrected chi connectivity index (χ4v) is 3.10. The summed E-state index contributed by atoms with van der Waals surface area (Å²) >= 11 is 3.60. The van der Waals surface area contributed by atoms with Crippen LogP contribution in [-0.2, 0) is 0 Å². The lowest BCUT2D eigenvalue weighted by molar-refractivity contribution is 0.471. The molecule has 1 saturated carbocycles. The smallest absolute Gasteiger partial charge is 0.0490 e. The maximum atomic E-state index is 5.91. The molecule has 1 aliphatic rings. The Morgan fingerprint density at radius 1 is 1.11 bits per heavy atom. The Morgan fingerprint density at radius 3 is 2.39 bits per heavy atom. The van der Waals surface area contributed by atoms with Crippen LogP contribution in [0.25, 0.3) is 0 Å². The van der Waals surface area contributed by atoms with Gasteiger partial charge in [0.25, 0.3) is 0 Å². The lowest BCUT2D eigenvalue weighted by Crippen LogP contribution is -2.20. The van der Waals surface area contributed by atoms with Crippen LogP contribution in [0.1, 0.15) is 50.5 Å². The molecule has 0 aliphatic heterocycles. The van der Waals surface area contributed by atoms with Gasteiger partial charge in [-0.05, 0) is 53.4 Å². The molecule has 0 amide bonds. The number of nitrogen functional groups attached to an aromatic ring is 1. The first-order chi connectivity index (χ1) is 8.66. The van der Waals surface area contributed by atoms with Crippen LogP contribution in [-0.4, -0.2) is 6.04 Å². The number of rotatable bonds is 2. The van der Waals surface area contributed by atoms with E-state index in [9.17, 15) is 0 Å². The van der Waals surface area contributed by atoms with Gasteiger partial charge in [0.1, 0.15) is 0 Å². The zero-order chi connectivity index (χ0) is 13.0. The van der Waals surface area contributed by atoms with Gasteiger partial charge in [-0.2, -0.15) is 0 Å². The Labute approximate surface area is 118 Å². The average Bonchev–Trinajstić information content (AvgIpc) is 2.29. The molecule has 0 radical (unpaired) electrons. The number of nitrogens with one attached hydrogen (secondary N) is 1. The largest absolute Gasteiger partial charge is 0.398 e. The summed E-state index contributed by atoms with van der Waals surface area (Å²) in [5.74, 6) is 0.